The van der Waals surface area contributed by atoms with Crippen molar-refractivity contribution in [3.8, 4) is 28.6 Å². The van der Waals surface area contributed by atoms with E-state index in [0.29, 0.717) is 17.9 Å². The van der Waals surface area contributed by atoms with E-state index < -0.39 is 17.2 Å². The number of anilines is 2. The molecule has 2 aromatic carbocycles. The minimum Gasteiger partial charge on any atom is -0.497 e. The third kappa shape index (κ3) is 6.98. The Morgan fingerprint density at radius 3 is 2.39 bits per heavy atom. The summed E-state index contributed by atoms with van der Waals surface area (Å²) in [4.78, 5) is 38.9. The van der Waals surface area contributed by atoms with Crippen molar-refractivity contribution in [1.82, 2.24) is 24.7 Å². The molecule has 3 heterocycles. The van der Waals surface area contributed by atoms with Gasteiger partial charge < -0.3 is 20.1 Å². The van der Waals surface area contributed by atoms with Crippen LogP contribution in [0.3, 0.4) is 0 Å². The van der Waals surface area contributed by atoms with Gasteiger partial charge in [-0.25, -0.2) is 19.3 Å². The number of hydrogen-bond acceptors (Lipinski definition) is 9. The minimum atomic E-state index is -0.754. The highest BCUT2D eigenvalue weighted by molar-refractivity contribution is 6.34. The predicted octanol–water partition coefficient (Wildman–Crippen LogP) is 6.13. The van der Waals surface area contributed by atoms with E-state index in [-0.39, 0.29) is 39.8 Å². The maximum absolute atomic E-state index is 13.5. The molecule has 5 aromatic rings. The Labute approximate surface area is 256 Å². The molecule has 5 rings (SSSR count). The van der Waals surface area contributed by atoms with Crippen molar-refractivity contribution < 1.29 is 18.7 Å². The minimum absolute atomic E-state index is 0.0317. The second kappa shape index (κ2) is 13.3. The van der Waals surface area contributed by atoms with Crippen molar-refractivity contribution in [3.63, 3.8) is 0 Å². The number of carbonyl (C=O) groups excluding carboxylic acids is 1. The average molecular weight is 616 g/mol. The summed E-state index contributed by atoms with van der Waals surface area (Å²) >= 11 is 6.52. The van der Waals surface area contributed by atoms with Crippen LogP contribution < -0.4 is 25.5 Å². The fourth-order valence-electron chi connectivity index (χ4n) is 4.04. The van der Waals surface area contributed by atoms with Gasteiger partial charge in [-0.15, -0.1) is 0 Å². The number of methoxy groups -OCH3 is 1. The predicted molar refractivity (Wildman–Crippen MR) is 164 cm³/mol. The summed E-state index contributed by atoms with van der Waals surface area (Å²) in [5.41, 5.74) is 0.938. The molecular formula is C31H27ClFN7O4. The van der Waals surface area contributed by atoms with Gasteiger partial charge in [0.25, 0.3) is 5.91 Å². The number of amides is 1. The SMILES string of the molecule is COc1ccc(CNc2nccc(Oc3ncc(NC(=O)c4nn(C(C)C)cc(-c5ccc(F)cc5)c4=O)cn3)c2Cl)cc1. The molecule has 0 saturated carbocycles. The van der Waals surface area contributed by atoms with Crippen LogP contribution in [0.5, 0.6) is 17.5 Å². The highest BCUT2D eigenvalue weighted by Gasteiger charge is 2.20. The zero-order chi connectivity index (χ0) is 31.2. The number of pyridine rings is 1. The van der Waals surface area contributed by atoms with Crippen molar-refractivity contribution in [1.29, 1.82) is 0 Å². The molecule has 13 heteroatoms. The van der Waals surface area contributed by atoms with Crippen LogP contribution in [0.2, 0.25) is 5.02 Å². The molecule has 2 N–H and O–H groups in total. The molecule has 224 valence electrons. The quantitative estimate of drug-likeness (QED) is 0.190. The summed E-state index contributed by atoms with van der Waals surface area (Å²) in [6.45, 7) is 4.18. The Bertz CT molecular complexity index is 1830. The number of rotatable bonds is 10. The van der Waals surface area contributed by atoms with Gasteiger partial charge in [-0.3, -0.25) is 14.3 Å². The third-order valence-corrected chi connectivity index (χ3v) is 6.76. The molecule has 0 radical (unpaired) electrons. The van der Waals surface area contributed by atoms with Gasteiger partial charge in [0.15, 0.2) is 11.4 Å². The van der Waals surface area contributed by atoms with Crippen LogP contribution >= 0.6 is 11.6 Å². The van der Waals surface area contributed by atoms with Gasteiger partial charge in [0.05, 0.1) is 25.2 Å². The molecule has 0 unspecified atom stereocenters. The molecule has 3 aromatic heterocycles. The number of hydrogen-bond donors (Lipinski definition) is 2. The van der Waals surface area contributed by atoms with Crippen LogP contribution in [-0.2, 0) is 6.54 Å². The summed E-state index contributed by atoms with van der Waals surface area (Å²) in [6.07, 6.45) is 5.71. The van der Waals surface area contributed by atoms with Crippen molar-refractivity contribution in [2.24, 2.45) is 0 Å². The fourth-order valence-corrected chi connectivity index (χ4v) is 4.25. The first-order chi connectivity index (χ1) is 21.2. The number of ether oxygens (including phenoxy) is 2. The highest BCUT2D eigenvalue weighted by Crippen LogP contribution is 2.33. The molecule has 0 atom stereocenters. The zero-order valence-electron chi connectivity index (χ0n) is 23.9. The van der Waals surface area contributed by atoms with Gasteiger partial charge in [0.1, 0.15) is 22.4 Å². The first kappa shape index (κ1) is 30.1. The Morgan fingerprint density at radius 1 is 1.02 bits per heavy atom. The molecule has 0 aliphatic rings. The lowest BCUT2D eigenvalue weighted by Crippen LogP contribution is -2.28. The molecule has 0 bridgehead atoms. The van der Waals surface area contributed by atoms with E-state index in [4.69, 9.17) is 21.1 Å². The third-order valence-electron chi connectivity index (χ3n) is 6.40. The highest BCUT2D eigenvalue weighted by atomic mass is 35.5. The van der Waals surface area contributed by atoms with Crippen molar-refractivity contribution in [2.75, 3.05) is 17.7 Å². The molecule has 0 fully saturated rings. The lowest BCUT2D eigenvalue weighted by molar-refractivity contribution is 0.101. The first-order valence-electron chi connectivity index (χ1n) is 13.4. The summed E-state index contributed by atoms with van der Waals surface area (Å²) in [6, 6.07) is 14.4. The monoisotopic (exact) mass is 615 g/mol. The molecular weight excluding hydrogens is 589 g/mol. The topological polar surface area (TPSA) is 133 Å². The lowest BCUT2D eigenvalue weighted by atomic mass is 10.1. The van der Waals surface area contributed by atoms with Gasteiger partial charge in [-0.2, -0.15) is 5.10 Å². The summed E-state index contributed by atoms with van der Waals surface area (Å²) in [5, 5.41) is 10.2. The number of aromatic nitrogens is 5. The van der Waals surface area contributed by atoms with E-state index >= 15 is 0 Å². The second-order valence-electron chi connectivity index (χ2n) is 9.78. The maximum atomic E-state index is 13.5. The number of nitrogens with one attached hydrogen (secondary N) is 2. The number of benzene rings is 2. The van der Waals surface area contributed by atoms with Crippen molar-refractivity contribution >= 4 is 29.0 Å². The van der Waals surface area contributed by atoms with E-state index in [1.54, 1.807) is 13.2 Å². The van der Waals surface area contributed by atoms with Crippen LogP contribution in [0.1, 0.15) is 35.9 Å². The van der Waals surface area contributed by atoms with E-state index in [9.17, 15) is 14.0 Å². The molecule has 0 aliphatic carbocycles. The van der Waals surface area contributed by atoms with E-state index in [1.807, 2.05) is 38.1 Å². The van der Waals surface area contributed by atoms with Crippen LogP contribution in [0.4, 0.5) is 15.9 Å². The smallest absolute Gasteiger partial charge is 0.322 e. The number of nitrogens with zero attached hydrogens (tertiary/aromatic N) is 5. The number of carbonyl (C=O) groups is 1. The Hall–Kier alpha value is -5.36. The van der Waals surface area contributed by atoms with Crippen LogP contribution in [0, 0.1) is 5.82 Å². The van der Waals surface area contributed by atoms with Gasteiger partial charge in [-0.05, 0) is 49.2 Å². The van der Waals surface area contributed by atoms with Gasteiger partial charge in [-0.1, -0.05) is 35.9 Å². The summed E-state index contributed by atoms with van der Waals surface area (Å²) in [7, 11) is 1.61. The van der Waals surface area contributed by atoms with Crippen LogP contribution in [-0.4, -0.2) is 37.7 Å². The van der Waals surface area contributed by atoms with Crippen molar-refractivity contribution in [3.05, 3.63) is 112 Å². The standard InChI is InChI=1S/C31H27ClFN7O4/c1-18(2)40-17-24(20-6-8-21(33)9-7-20)28(41)27(39-40)30(42)38-22-15-36-31(37-16-22)44-25-12-13-34-29(26(25)32)35-14-19-4-10-23(43-3)11-5-19/h4-13,15-18H,14H2,1-3H3,(H,34,35)(H,38,42). The molecule has 0 aliphatic heterocycles. The van der Waals surface area contributed by atoms with Gasteiger partial charge in [0, 0.05) is 36.6 Å². The van der Waals surface area contributed by atoms with E-state index in [0.717, 1.165) is 11.3 Å². The van der Waals surface area contributed by atoms with E-state index in [2.05, 4.69) is 30.7 Å². The second-order valence-corrected chi connectivity index (χ2v) is 10.2. The maximum Gasteiger partial charge on any atom is 0.322 e. The Morgan fingerprint density at radius 2 is 1.73 bits per heavy atom. The van der Waals surface area contributed by atoms with Crippen LogP contribution in [0.15, 0.2) is 84.2 Å². The number of halogens is 2. The van der Waals surface area contributed by atoms with Crippen LogP contribution in [0.25, 0.3) is 11.1 Å². The first-order valence-corrected chi connectivity index (χ1v) is 13.8. The summed E-state index contributed by atoms with van der Waals surface area (Å²) < 4.78 is 25.9. The Kier molecular flexibility index (Phi) is 9.10. The molecule has 0 saturated heterocycles. The molecule has 11 nitrogen and oxygen atoms in total. The molecule has 1 amide bonds. The Balaban J connectivity index is 1.28. The van der Waals surface area contributed by atoms with Gasteiger partial charge >= 0.3 is 6.01 Å². The molecule has 44 heavy (non-hydrogen) atoms. The fraction of sp³-hybridized carbons (Fsp3) is 0.161. The van der Waals surface area contributed by atoms with Gasteiger partial charge in [0.2, 0.25) is 5.43 Å². The molecule has 0 spiro atoms. The average Bonchev–Trinajstić information content (AvgIpc) is 3.03. The van der Waals surface area contributed by atoms with Crippen molar-refractivity contribution in [2.45, 2.75) is 26.4 Å². The van der Waals surface area contributed by atoms with E-state index in [1.165, 1.54) is 53.7 Å². The summed E-state index contributed by atoms with van der Waals surface area (Å²) in [5.74, 6) is 0.242. The lowest BCUT2D eigenvalue weighted by Gasteiger charge is -2.14. The largest absolute Gasteiger partial charge is 0.497 e. The normalized spacial score (nSPS) is 10.9. The zero-order valence-corrected chi connectivity index (χ0v) is 24.7.